The molecule has 0 aliphatic rings. The molecule has 0 bridgehead atoms. The molecule has 0 heterocycles. The van der Waals surface area contributed by atoms with Gasteiger partial charge in [-0.3, -0.25) is 0 Å². The fourth-order valence-corrected chi connectivity index (χ4v) is 2.19. The van der Waals surface area contributed by atoms with E-state index in [1.54, 1.807) is 0 Å². The highest BCUT2D eigenvalue weighted by Crippen LogP contribution is 2.22. The van der Waals surface area contributed by atoms with Gasteiger partial charge in [-0.1, -0.05) is 81.5 Å². The SMILES string of the molecule is C=Cc1ccc(-c2ccc(CC(C)CC)cc2)cc1. The average Bonchev–Trinajstić information content (AvgIpc) is 2.48. The van der Waals surface area contributed by atoms with Crippen molar-refractivity contribution < 1.29 is 0 Å². The number of benzene rings is 2. The van der Waals surface area contributed by atoms with Crippen molar-refractivity contribution in [3.8, 4) is 11.1 Å². The van der Waals surface area contributed by atoms with E-state index in [1.165, 1.54) is 29.5 Å². The fraction of sp³-hybridized carbons (Fsp3) is 0.263. The molecule has 0 N–H and O–H groups in total. The Bertz CT molecular complexity index is 517. The Morgan fingerprint density at radius 3 is 1.95 bits per heavy atom. The third kappa shape index (κ3) is 3.57. The minimum atomic E-state index is 0.762. The molecule has 0 aliphatic carbocycles. The first kappa shape index (κ1) is 13.6. The molecule has 1 atom stereocenters. The minimum absolute atomic E-state index is 0.762. The molecule has 98 valence electrons. The molecule has 0 heteroatoms. The van der Waals surface area contributed by atoms with Crippen LogP contribution in [0.25, 0.3) is 17.2 Å². The van der Waals surface area contributed by atoms with Crippen LogP contribution in [0.5, 0.6) is 0 Å². The molecule has 0 amide bonds. The van der Waals surface area contributed by atoms with Gasteiger partial charge in [0, 0.05) is 0 Å². The van der Waals surface area contributed by atoms with E-state index in [-0.39, 0.29) is 0 Å². The van der Waals surface area contributed by atoms with Crippen molar-refractivity contribution >= 4 is 6.08 Å². The zero-order valence-electron chi connectivity index (χ0n) is 11.9. The van der Waals surface area contributed by atoms with Gasteiger partial charge in [-0.2, -0.15) is 0 Å². The molecular weight excluding hydrogens is 228 g/mol. The molecule has 19 heavy (non-hydrogen) atoms. The summed E-state index contributed by atoms with van der Waals surface area (Å²) in [6.07, 6.45) is 4.29. The van der Waals surface area contributed by atoms with Crippen molar-refractivity contribution in [3.05, 3.63) is 66.2 Å². The maximum absolute atomic E-state index is 3.78. The lowest BCUT2D eigenvalue weighted by Crippen LogP contribution is -1.97. The molecule has 0 saturated carbocycles. The van der Waals surface area contributed by atoms with Crippen LogP contribution >= 0.6 is 0 Å². The Labute approximate surface area is 116 Å². The van der Waals surface area contributed by atoms with E-state index < -0.39 is 0 Å². The van der Waals surface area contributed by atoms with Crippen LogP contribution in [0.15, 0.2) is 55.1 Å². The smallest absolute Gasteiger partial charge is 0.0184 e. The van der Waals surface area contributed by atoms with Gasteiger partial charge in [0.15, 0.2) is 0 Å². The monoisotopic (exact) mass is 250 g/mol. The van der Waals surface area contributed by atoms with Crippen molar-refractivity contribution in [1.29, 1.82) is 0 Å². The lowest BCUT2D eigenvalue weighted by Gasteiger charge is -2.09. The van der Waals surface area contributed by atoms with Crippen LogP contribution in [0, 0.1) is 5.92 Å². The van der Waals surface area contributed by atoms with Gasteiger partial charge in [-0.15, -0.1) is 0 Å². The maximum atomic E-state index is 3.78. The third-order valence-electron chi connectivity index (χ3n) is 3.71. The van der Waals surface area contributed by atoms with Gasteiger partial charge in [0.1, 0.15) is 0 Å². The van der Waals surface area contributed by atoms with E-state index in [2.05, 4.69) is 69.0 Å². The highest BCUT2D eigenvalue weighted by Gasteiger charge is 2.02. The Kier molecular flexibility index (Phi) is 4.57. The van der Waals surface area contributed by atoms with E-state index in [1.807, 2.05) is 6.08 Å². The molecule has 0 nitrogen and oxygen atoms in total. The summed E-state index contributed by atoms with van der Waals surface area (Å²) in [6.45, 7) is 8.34. The van der Waals surface area contributed by atoms with Crippen molar-refractivity contribution in [1.82, 2.24) is 0 Å². The molecule has 0 spiro atoms. The minimum Gasteiger partial charge on any atom is -0.0985 e. The summed E-state index contributed by atoms with van der Waals surface area (Å²) < 4.78 is 0. The second-order valence-corrected chi connectivity index (χ2v) is 5.24. The van der Waals surface area contributed by atoms with Crippen LogP contribution in [0.3, 0.4) is 0 Å². The van der Waals surface area contributed by atoms with Gasteiger partial charge >= 0.3 is 0 Å². The standard InChI is InChI=1S/C19H22/c1-4-15(3)14-17-8-12-19(13-9-17)18-10-6-16(5-2)7-11-18/h5-13,15H,2,4,14H2,1,3H3. The third-order valence-corrected chi connectivity index (χ3v) is 3.71. The van der Waals surface area contributed by atoms with E-state index in [4.69, 9.17) is 0 Å². The lowest BCUT2D eigenvalue weighted by molar-refractivity contribution is 0.560. The predicted octanol–water partition coefficient (Wildman–Crippen LogP) is 5.59. The number of rotatable bonds is 5. The van der Waals surface area contributed by atoms with Crippen LogP contribution in [-0.4, -0.2) is 0 Å². The average molecular weight is 250 g/mol. The second kappa shape index (κ2) is 6.38. The van der Waals surface area contributed by atoms with Crippen molar-refractivity contribution in [2.24, 2.45) is 5.92 Å². The number of hydrogen-bond acceptors (Lipinski definition) is 0. The van der Waals surface area contributed by atoms with Crippen LogP contribution in [-0.2, 0) is 6.42 Å². The second-order valence-electron chi connectivity index (χ2n) is 5.24. The molecule has 2 rings (SSSR count). The Hall–Kier alpha value is -1.82. The summed E-state index contributed by atoms with van der Waals surface area (Å²) in [6, 6.07) is 17.5. The van der Waals surface area contributed by atoms with Gasteiger partial charge in [0.05, 0.1) is 0 Å². The van der Waals surface area contributed by atoms with E-state index in [9.17, 15) is 0 Å². The first-order chi connectivity index (χ1) is 9.22. The Balaban J connectivity index is 2.14. The zero-order valence-corrected chi connectivity index (χ0v) is 11.9. The number of hydrogen-bond donors (Lipinski definition) is 0. The molecule has 0 radical (unpaired) electrons. The molecule has 2 aromatic carbocycles. The van der Waals surface area contributed by atoms with Crippen LogP contribution in [0.1, 0.15) is 31.4 Å². The Morgan fingerprint density at radius 2 is 1.47 bits per heavy atom. The summed E-state index contributed by atoms with van der Waals surface area (Å²) in [5.41, 5.74) is 5.14. The highest BCUT2D eigenvalue weighted by molar-refractivity contribution is 5.65. The molecular formula is C19H22. The lowest BCUT2D eigenvalue weighted by atomic mass is 9.96. The highest BCUT2D eigenvalue weighted by atomic mass is 14.1. The van der Waals surface area contributed by atoms with Crippen LogP contribution < -0.4 is 0 Å². The van der Waals surface area contributed by atoms with Crippen molar-refractivity contribution in [3.63, 3.8) is 0 Å². The molecule has 1 unspecified atom stereocenters. The van der Waals surface area contributed by atoms with E-state index in [0.717, 1.165) is 11.5 Å². The first-order valence-corrected chi connectivity index (χ1v) is 7.04. The zero-order chi connectivity index (χ0) is 13.7. The molecule has 0 saturated heterocycles. The summed E-state index contributed by atoms with van der Waals surface area (Å²) in [5, 5.41) is 0. The molecule has 0 aliphatic heterocycles. The molecule has 0 fully saturated rings. The predicted molar refractivity (Wildman–Crippen MR) is 85.1 cm³/mol. The maximum Gasteiger partial charge on any atom is -0.0184 e. The quantitative estimate of drug-likeness (QED) is 0.649. The topological polar surface area (TPSA) is 0 Å². The van der Waals surface area contributed by atoms with Crippen molar-refractivity contribution in [2.75, 3.05) is 0 Å². The summed E-state index contributed by atoms with van der Waals surface area (Å²) in [7, 11) is 0. The molecule has 2 aromatic rings. The van der Waals surface area contributed by atoms with Gasteiger partial charge in [-0.25, -0.2) is 0 Å². The van der Waals surface area contributed by atoms with Crippen molar-refractivity contribution in [2.45, 2.75) is 26.7 Å². The van der Waals surface area contributed by atoms with E-state index >= 15 is 0 Å². The van der Waals surface area contributed by atoms with Gasteiger partial charge in [-0.05, 0) is 34.6 Å². The summed E-state index contributed by atoms with van der Waals surface area (Å²) in [4.78, 5) is 0. The first-order valence-electron chi connectivity index (χ1n) is 7.04. The summed E-state index contributed by atoms with van der Waals surface area (Å²) in [5.74, 6) is 0.762. The molecule has 0 aromatic heterocycles. The van der Waals surface area contributed by atoms with E-state index in [0.29, 0.717) is 0 Å². The fourth-order valence-electron chi connectivity index (χ4n) is 2.19. The van der Waals surface area contributed by atoms with Crippen LogP contribution in [0.2, 0.25) is 0 Å². The van der Waals surface area contributed by atoms with Gasteiger partial charge < -0.3 is 0 Å². The van der Waals surface area contributed by atoms with Crippen LogP contribution in [0.4, 0.5) is 0 Å². The van der Waals surface area contributed by atoms with Gasteiger partial charge in [0.2, 0.25) is 0 Å². The largest absolute Gasteiger partial charge is 0.0985 e. The normalized spacial score (nSPS) is 12.1. The van der Waals surface area contributed by atoms with Gasteiger partial charge in [0.25, 0.3) is 0 Å². The Morgan fingerprint density at radius 1 is 0.947 bits per heavy atom. The summed E-state index contributed by atoms with van der Waals surface area (Å²) >= 11 is 0.